The minimum Gasteiger partial charge on any atom is -0.456 e. The zero-order valence-corrected chi connectivity index (χ0v) is 22.8. The van der Waals surface area contributed by atoms with Gasteiger partial charge in [0, 0.05) is 30.3 Å². The highest BCUT2D eigenvalue weighted by Gasteiger charge is 2.83. The van der Waals surface area contributed by atoms with Crippen molar-refractivity contribution in [3.05, 3.63) is 23.3 Å². The topological polar surface area (TPSA) is 112 Å². The van der Waals surface area contributed by atoms with Gasteiger partial charge in [0.25, 0.3) is 0 Å². The summed E-state index contributed by atoms with van der Waals surface area (Å²) in [7, 11) is 0. The Balaban J connectivity index is 1.23. The third-order valence-electron chi connectivity index (χ3n) is 12.3. The average molecular weight is 527 g/mol. The van der Waals surface area contributed by atoms with Gasteiger partial charge in [-0.15, -0.1) is 0 Å². The Bertz CT molecular complexity index is 1200. The van der Waals surface area contributed by atoms with E-state index in [2.05, 4.69) is 0 Å². The van der Waals surface area contributed by atoms with Crippen LogP contribution in [0.3, 0.4) is 0 Å². The number of epoxide rings is 1. The fourth-order valence-corrected chi connectivity index (χ4v) is 10.4. The predicted octanol–water partition coefficient (Wildman–Crippen LogP) is 3.40. The molecule has 3 heterocycles. The monoisotopic (exact) mass is 526 g/mol. The number of hydrogen-bond donors (Lipinski definition) is 1. The zero-order chi connectivity index (χ0) is 27.0. The summed E-state index contributed by atoms with van der Waals surface area (Å²) in [5.74, 6) is -0.162. The molecule has 2 spiro atoms. The number of ketones is 1. The quantitative estimate of drug-likeness (QED) is 0.431. The summed E-state index contributed by atoms with van der Waals surface area (Å²) < 4.78 is 24.5. The number of allylic oxidation sites excluding steroid dienone is 1. The maximum Gasteiger partial charge on any atom is 0.334 e. The van der Waals surface area contributed by atoms with E-state index in [4.69, 9.17) is 18.9 Å². The molecule has 7 aliphatic rings. The lowest BCUT2D eigenvalue weighted by Gasteiger charge is -2.58. The number of hydrogen-bond acceptors (Lipinski definition) is 8. The second kappa shape index (κ2) is 7.58. The molecule has 0 aromatic rings. The lowest BCUT2D eigenvalue weighted by Crippen LogP contribution is -2.64. The highest BCUT2D eigenvalue weighted by molar-refractivity contribution is 5.98. The van der Waals surface area contributed by atoms with E-state index < -0.39 is 40.5 Å². The van der Waals surface area contributed by atoms with Crippen molar-refractivity contribution < 1.29 is 38.4 Å². The van der Waals surface area contributed by atoms with Gasteiger partial charge in [-0.25, -0.2) is 4.79 Å². The smallest absolute Gasteiger partial charge is 0.334 e. The highest BCUT2D eigenvalue weighted by Crippen LogP contribution is 2.76. The van der Waals surface area contributed by atoms with Gasteiger partial charge in [-0.05, 0) is 89.7 Å². The average Bonchev–Trinajstić information content (AvgIpc) is 3.37. The maximum absolute atomic E-state index is 13.6. The maximum atomic E-state index is 13.6. The van der Waals surface area contributed by atoms with Crippen LogP contribution in [0.1, 0.15) is 73.1 Å². The van der Waals surface area contributed by atoms with Gasteiger partial charge < -0.3 is 24.1 Å². The molecule has 0 amide bonds. The number of aliphatic hydroxyl groups excluding tert-OH is 1. The molecule has 0 radical (unpaired) electrons. The lowest BCUT2D eigenvalue weighted by molar-refractivity contribution is -0.218. The van der Waals surface area contributed by atoms with Crippen LogP contribution in [0, 0.1) is 34.5 Å². The van der Waals surface area contributed by atoms with Gasteiger partial charge in [0.2, 0.25) is 0 Å². The van der Waals surface area contributed by atoms with Gasteiger partial charge in [-0.1, -0.05) is 5.57 Å². The molecule has 7 rings (SSSR count). The second-order valence-electron chi connectivity index (χ2n) is 13.4. The Morgan fingerprint density at radius 3 is 2.55 bits per heavy atom. The summed E-state index contributed by atoms with van der Waals surface area (Å²) in [4.78, 5) is 38.1. The minimum atomic E-state index is -0.952. The summed E-state index contributed by atoms with van der Waals surface area (Å²) in [5, 5.41) is 11.6. The number of rotatable bonds is 2. The molecular weight excluding hydrogens is 488 g/mol. The van der Waals surface area contributed by atoms with Gasteiger partial charge in [0.1, 0.15) is 17.3 Å². The molecule has 2 saturated heterocycles. The fraction of sp³-hybridized carbons (Fsp3) is 0.767. The first-order valence-corrected chi connectivity index (χ1v) is 14.2. The van der Waals surface area contributed by atoms with Crippen molar-refractivity contribution in [3.63, 3.8) is 0 Å². The second-order valence-corrected chi connectivity index (χ2v) is 13.4. The van der Waals surface area contributed by atoms with Crippen LogP contribution in [0.15, 0.2) is 23.3 Å². The molecule has 206 valence electrons. The Morgan fingerprint density at radius 1 is 1.08 bits per heavy atom. The predicted molar refractivity (Wildman–Crippen MR) is 133 cm³/mol. The molecule has 8 nitrogen and oxygen atoms in total. The number of aliphatic hydroxyl groups is 1. The van der Waals surface area contributed by atoms with Crippen LogP contribution in [0.2, 0.25) is 0 Å². The first kappa shape index (κ1) is 25.0. The van der Waals surface area contributed by atoms with Crippen molar-refractivity contribution in [2.24, 2.45) is 34.5 Å². The van der Waals surface area contributed by atoms with Crippen molar-refractivity contribution in [1.82, 2.24) is 0 Å². The Morgan fingerprint density at radius 2 is 1.84 bits per heavy atom. The van der Waals surface area contributed by atoms with E-state index in [1.54, 1.807) is 19.1 Å². The van der Waals surface area contributed by atoms with Crippen LogP contribution < -0.4 is 0 Å². The van der Waals surface area contributed by atoms with Gasteiger partial charge in [-0.3, -0.25) is 9.59 Å². The van der Waals surface area contributed by atoms with E-state index in [-0.39, 0.29) is 47.5 Å². The van der Waals surface area contributed by atoms with Crippen LogP contribution in [0.25, 0.3) is 0 Å². The summed E-state index contributed by atoms with van der Waals surface area (Å²) >= 11 is 0. The largest absolute Gasteiger partial charge is 0.456 e. The summed E-state index contributed by atoms with van der Waals surface area (Å²) in [5.41, 5.74) is -1.14. The van der Waals surface area contributed by atoms with E-state index in [1.807, 2.05) is 20.8 Å². The molecule has 12 atom stereocenters. The first-order chi connectivity index (χ1) is 17.9. The molecule has 0 aromatic heterocycles. The molecule has 38 heavy (non-hydrogen) atoms. The van der Waals surface area contributed by atoms with Crippen molar-refractivity contribution in [1.29, 1.82) is 0 Å². The van der Waals surface area contributed by atoms with Gasteiger partial charge >= 0.3 is 11.9 Å². The molecule has 1 N–H and O–H groups in total. The van der Waals surface area contributed by atoms with Gasteiger partial charge in [-0.2, -0.15) is 0 Å². The van der Waals surface area contributed by atoms with E-state index in [9.17, 15) is 19.5 Å². The lowest BCUT2D eigenvalue weighted by atomic mass is 9.44. The SMILES string of the molecule is CC(=O)OC1C=CC(=O)C2(C)C3CCC45C(O)OC(C)(C6CC(C)=C(C)C(=O)O6)C4CCC5C3CC3OC132. The molecule has 4 aliphatic carbocycles. The number of carbonyl (C=O) groups is 3. The summed E-state index contributed by atoms with van der Waals surface area (Å²) in [6, 6.07) is 0. The molecule has 5 fully saturated rings. The van der Waals surface area contributed by atoms with Crippen LogP contribution in [-0.4, -0.2) is 58.6 Å². The third kappa shape index (κ3) is 2.70. The number of ether oxygens (including phenoxy) is 4. The van der Waals surface area contributed by atoms with Gasteiger partial charge in [0.15, 0.2) is 18.2 Å². The molecular formula is C30H38O8. The molecule has 0 aromatic carbocycles. The Labute approximate surface area is 223 Å². The van der Waals surface area contributed by atoms with Crippen molar-refractivity contribution in [2.75, 3.05) is 0 Å². The molecule has 3 saturated carbocycles. The number of esters is 2. The van der Waals surface area contributed by atoms with Crippen LogP contribution >= 0.6 is 0 Å². The van der Waals surface area contributed by atoms with E-state index in [0.717, 1.165) is 37.7 Å². The van der Waals surface area contributed by atoms with E-state index in [0.29, 0.717) is 12.0 Å². The molecule has 0 bridgehead atoms. The Hall–Kier alpha value is -2.03. The molecule has 12 unspecified atom stereocenters. The fourth-order valence-electron chi connectivity index (χ4n) is 10.4. The van der Waals surface area contributed by atoms with Crippen LogP contribution in [0.4, 0.5) is 0 Å². The van der Waals surface area contributed by atoms with E-state index >= 15 is 0 Å². The van der Waals surface area contributed by atoms with Crippen molar-refractivity contribution in [3.8, 4) is 0 Å². The van der Waals surface area contributed by atoms with Gasteiger partial charge in [0.05, 0.1) is 11.5 Å². The normalized spacial score (nSPS) is 54.4. The zero-order valence-electron chi connectivity index (χ0n) is 22.8. The third-order valence-corrected chi connectivity index (χ3v) is 12.3. The number of fused-ring (bicyclic) bond motifs is 3. The molecule has 3 aliphatic heterocycles. The summed E-state index contributed by atoms with van der Waals surface area (Å²) in [6.45, 7) is 9.20. The standard InChI is InChI=1S/C30H38O8/c1-14-12-23(36-25(33)15(14)2)28(5)20-7-6-19-17-13-24-30(37-24)22(35-16(3)31)9-8-21(32)27(30,4)18(17)10-11-29(19,20)26(34)38-28/h8-9,17-20,22-24,26,34H,6-7,10-13H2,1-5H3. The first-order valence-electron chi connectivity index (χ1n) is 14.2. The van der Waals surface area contributed by atoms with Crippen molar-refractivity contribution in [2.45, 2.75) is 109 Å². The van der Waals surface area contributed by atoms with Crippen LogP contribution in [0.5, 0.6) is 0 Å². The highest BCUT2D eigenvalue weighted by atomic mass is 16.7. The summed E-state index contributed by atoms with van der Waals surface area (Å²) in [6.07, 6.45) is 5.87. The minimum absolute atomic E-state index is 0.0448. The van der Waals surface area contributed by atoms with Crippen LogP contribution in [-0.2, 0) is 33.3 Å². The number of carbonyl (C=O) groups excluding carboxylic acids is 3. The van der Waals surface area contributed by atoms with Crippen molar-refractivity contribution >= 4 is 17.7 Å². The van der Waals surface area contributed by atoms with E-state index in [1.165, 1.54) is 6.92 Å². The number of cyclic esters (lactones) is 1. The molecule has 8 heteroatoms. The Kier molecular flexibility index (Phi) is 4.98.